The van der Waals surface area contributed by atoms with E-state index in [1.165, 1.54) is 0 Å². The molecule has 14 heavy (non-hydrogen) atoms. The van der Waals surface area contributed by atoms with Crippen LogP contribution in [0.25, 0.3) is 0 Å². The van der Waals surface area contributed by atoms with Gasteiger partial charge in [0.25, 0.3) is 0 Å². The summed E-state index contributed by atoms with van der Waals surface area (Å²) in [7, 11) is 0. The van der Waals surface area contributed by atoms with Gasteiger partial charge in [0.15, 0.2) is 0 Å². The summed E-state index contributed by atoms with van der Waals surface area (Å²) in [5.41, 5.74) is -0.404. The van der Waals surface area contributed by atoms with Crippen LogP contribution in [-0.2, 0) is 9.53 Å². The number of carbonyl (C=O) groups is 1. The summed E-state index contributed by atoms with van der Waals surface area (Å²) >= 11 is 0. The van der Waals surface area contributed by atoms with Gasteiger partial charge in [0.2, 0.25) is 6.29 Å². The second kappa shape index (κ2) is 2.40. The predicted octanol–water partition coefficient (Wildman–Crippen LogP) is 1.08. The first-order valence-corrected chi connectivity index (χ1v) is 5.27. The Hall–Kier alpha value is -0.830. The van der Waals surface area contributed by atoms with E-state index in [9.17, 15) is 9.90 Å². The molecule has 0 radical (unpaired) electrons. The molecule has 1 saturated heterocycles. The van der Waals surface area contributed by atoms with Gasteiger partial charge in [-0.15, -0.1) is 0 Å². The summed E-state index contributed by atoms with van der Waals surface area (Å²) in [6.45, 7) is 2.01. The Morgan fingerprint density at radius 1 is 1.64 bits per heavy atom. The third-order valence-electron chi connectivity index (χ3n) is 4.33. The van der Waals surface area contributed by atoms with Gasteiger partial charge in [0.05, 0.1) is 5.41 Å². The molecule has 0 aromatic heterocycles. The number of rotatable bonds is 1. The molecule has 1 aliphatic heterocycles. The second-order valence-corrected chi connectivity index (χ2v) is 4.61. The van der Waals surface area contributed by atoms with E-state index in [0.29, 0.717) is 11.8 Å². The SMILES string of the molecule is CCC12C(=O)OC(O)C1C1C=CC2C1. The van der Waals surface area contributed by atoms with Gasteiger partial charge in [-0.3, -0.25) is 4.79 Å². The normalized spacial score (nSPS) is 53.7. The molecule has 1 N–H and O–H groups in total. The Bertz CT molecular complexity index is 322. The van der Waals surface area contributed by atoms with E-state index < -0.39 is 11.7 Å². The topological polar surface area (TPSA) is 46.5 Å². The molecule has 3 rings (SSSR count). The highest BCUT2D eigenvalue weighted by Gasteiger charge is 2.67. The van der Waals surface area contributed by atoms with Crippen LogP contribution < -0.4 is 0 Å². The van der Waals surface area contributed by atoms with E-state index in [1.54, 1.807) is 0 Å². The molecule has 5 atom stereocenters. The molecule has 0 amide bonds. The van der Waals surface area contributed by atoms with E-state index in [4.69, 9.17) is 4.74 Å². The largest absolute Gasteiger partial charge is 0.435 e. The number of aliphatic hydroxyl groups is 1. The zero-order valence-electron chi connectivity index (χ0n) is 8.14. The molecular weight excluding hydrogens is 180 g/mol. The summed E-state index contributed by atoms with van der Waals surface area (Å²) in [5, 5.41) is 9.71. The van der Waals surface area contributed by atoms with Crippen molar-refractivity contribution in [3.8, 4) is 0 Å². The van der Waals surface area contributed by atoms with E-state index in [1.807, 2.05) is 6.92 Å². The monoisotopic (exact) mass is 194 g/mol. The Labute approximate surface area is 82.8 Å². The predicted molar refractivity (Wildman–Crippen MR) is 49.0 cm³/mol. The molecule has 0 spiro atoms. The molecule has 1 heterocycles. The van der Waals surface area contributed by atoms with Gasteiger partial charge in [-0.2, -0.15) is 0 Å². The van der Waals surface area contributed by atoms with Gasteiger partial charge >= 0.3 is 5.97 Å². The van der Waals surface area contributed by atoms with Gasteiger partial charge in [0, 0.05) is 5.92 Å². The van der Waals surface area contributed by atoms with E-state index in [2.05, 4.69) is 12.2 Å². The lowest BCUT2D eigenvalue weighted by Gasteiger charge is -2.31. The molecule has 3 nitrogen and oxygen atoms in total. The molecule has 2 fully saturated rings. The molecular formula is C11H14O3. The lowest BCUT2D eigenvalue weighted by molar-refractivity contribution is -0.160. The molecule has 2 aliphatic carbocycles. The van der Waals surface area contributed by atoms with Crippen molar-refractivity contribution in [3.63, 3.8) is 0 Å². The second-order valence-electron chi connectivity index (χ2n) is 4.61. The highest BCUT2D eigenvalue weighted by atomic mass is 16.6. The van der Waals surface area contributed by atoms with Crippen LogP contribution in [0.1, 0.15) is 19.8 Å². The standard InChI is InChI=1S/C11H14O3/c1-2-11-7-4-3-6(5-7)8(11)9(12)14-10(11)13/h3-4,6-9,12H,2,5H2,1H3. The van der Waals surface area contributed by atoms with Crippen molar-refractivity contribution in [3.05, 3.63) is 12.2 Å². The van der Waals surface area contributed by atoms with E-state index in [0.717, 1.165) is 12.8 Å². The van der Waals surface area contributed by atoms with Crippen molar-refractivity contribution < 1.29 is 14.6 Å². The summed E-state index contributed by atoms with van der Waals surface area (Å²) < 4.78 is 4.98. The summed E-state index contributed by atoms with van der Waals surface area (Å²) in [4.78, 5) is 11.8. The molecule has 0 aromatic rings. The van der Waals surface area contributed by atoms with Gasteiger partial charge in [-0.05, 0) is 24.7 Å². The highest BCUT2D eigenvalue weighted by molar-refractivity contribution is 5.81. The molecule has 1 saturated carbocycles. The number of allylic oxidation sites excluding steroid dienone is 2. The third kappa shape index (κ3) is 0.682. The van der Waals surface area contributed by atoms with E-state index >= 15 is 0 Å². The van der Waals surface area contributed by atoms with Crippen LogP contribution in [0.3, 0.4) is 0 Å². The van der Waals surface area contributed by atoms with Crippen LogP contribution in [-0.4, -0.2) is 17.4 Å². The highest BCUT2D eigenvalue weighted by Crippen LogP contribution is 2.62. The van der Waals surface area contributed by atoms with Crippen LogP contribution in [0.2, 0.25) is 0 Å². The van der Waals surface area contributed by atoms with Crippen LogP contribution in [0.4, 0.5) is 0 Å². The number of esters is 1. The van der Waals surface area contributed by atoms with Crippen molar-refractivity contribution in [1.29, 1.82) is 0 Å². The number of hydrogen-bond donors (Lipinski definition) is 1. The van der Waals surface area contributed by atoms with Crippen LogP contribution in [0.15, 0.2) is 12.2 Å². The average molecular weight is 194 g/mol. The van der Waals surface area contributed by atoms with Gasteiger partial charge in [0.1, 0.15) is 0 Å². The Balaban J connectivity index is 2.12. The number of hydrogen-bond acceptors (Lipinski definition) is 3. The first kappa shape index (κ1) is 8.48. The Kier molecular flexibility index (Phi) is 1.45. The average Bonchev–Trinajstić information content (AvgIpc) is 2.78. The number of carbonyl (C=O) groups excluding carboxylic acids is 1. The van der Waals surface area contributed by atoms with Crippen molar-refractivity contribution >= 4 is 5.97 Å². The minimum absolute atomic E-state index is 0.00926. The number of cyclic esters (lactones) is 1. The fourth-order valence-electron chi connectivity index (χ4n) is 3.69. The molecule has 2 bridgehead atoms. The van der Waals surface area contributed by atoms with Crippen LogP contribution in [0.5, 0.6) is 0 Å². The van der Waals surface area contributed by atoms with Crippen LogP contribution in [0, 0.1) is 23.2 Å². The summed E-state index contributed by atoms with van der Waals surface area (Å²) in [5.74, 6) is 0.470. The zero-order valence-corrected chi connectivity index (χ0v) is 8.14. The first-order valence-electron chi connectivity index (χ1n) is 5.27. The fourth-order valence-corrected chi connectivity index (χ4v) is 3.69. The molecule has 76 valence electrons. The van der Waals surface area contributed by atoms with Crippen LogP contribution >= 0.6 is 0 Å². The first-order chi connectivity index (χ1) is 6.70. The summed E-state index contributed by atoms with van der Waals surface area (Å²) in [6, 6.07) is 0. The van der Waals surface area contributed by atoms with E-state index in [-0.39, 0.29) is 11.9 Å². The molecule has 5 unspecified atom stereocenters. The lowest BCUT2D eigenvalue weighted by atomic mass is 9.68. The smallest absolute Gasteiger partial charge is 0.315 e. The molecule has 3 heteroatoms. The van der Waals surface area contributed by atoms with Crippen molar-refractivity contribution in [2.75, 3.05) is 0 Å². The Morgan fingerprint density at radius 2 is 2.43 bits per heavy atom. The van der Waals surface area contributed by atoms with Crippen molar-refractivity contribution in [1.82, 2.24) is 0 Å². The lowest BCUT2D eigenvalue weighted by Crippen LogP contribution is -2.37. The molecule has 3 aliphatic rings. The number of aliphatic hydroxyl groups excluding tert-OH is 1. The summed E-state index contributed by atoms with van der Waals surface area (Å²) in [6.07, 6.45) is 5.18. The Morgan fingerprint density at radius 3 is 3.07 bits per heavy atom. The minimum Gasteiger partial charge on any atom is -0.435 e. The number of fused-ring (bicyclic) bond motifs is 5. The zero-order chi connectivity index (χ0) is 9.92. The maximum absolute atomic E-state index is 11.8. The van der Waals surface area contributed by atoms with Gasteiger partial charge in [-0.1, -0.05) is 19.1 Å². The number of ether oxygens (including phenoxy) is 1. The van der Waals surface area contributed by atoms with Gasteiger partial charge < -0.3 is 9.84 Å². The van der Waals surface area contributed by atoms with Crippen molar-refractivity contribution in [2.24, 2.45) is 23.2 Å². The quantitative estimate of drug-likeness (QED) is 0.502. The fraction of sp³-hybridized carbons (Fsp3) is 0.727. The minimum atomic E-state index is -0.873. The maximum Gasteiger partial charge on any atom is 0.315 e. The maximum atomic E-state index is 11.8. The third-order valence-corrected chi connectivity index (χ3v) is 4.33. The van der Waals surface area contributed by atoms with Gasteiger partial charge in [-0.25, -0.2) is 0 Å². The van der Waals surface area contributed by atoms with Crippen molar-refractivity contribution in [2.45, 2.75) is 26.1 Å². The molecule has 0 aromatic carbocycles.